The monoisotopic (exact) mass is 279 g/mol. The number of aliphatic carboxylic acids is 1. The van der Waals surface area contributed by atoms with E-state index in [2.05, 4.69) is 14.9 Å². The Bertz CT molecular complexity index is 503. The van der Waals surface area contributed by atoms with Crippen molar-refractivity contribution in [2.45, 2.75) is 25.8 Å². The van der Waals surface area contributed by atoms with E-state index < -0.39 is 11.9 Å². The molecule has 1 fully saturated rings. The van der Waals surface area contributed by atoms with Gasteiger partial charge < -0.3 is 14.7 Å². The van der Waals surface area contributed by atoms with Crippen LogP contribution in [0.15, 0.2) is 12.1 Å². The van der Waals surface area contributed by atoms with Gasteiger partial charge in [-0.1, -0.05) is 0 Å². The molecule has 0 radical (unpaired) electrons. The maximum absolute atomic E-state index is 11.3. The summed E-state index contributed by atoms with van der Waals surface area (Å²) >= 11 is 0. The van der Waals surface area contributed by atoms with Crippen molar-refractivity contribution < 1.29 is 19.4 Å². The largest absolute Gasteiger partial charge is 0.481 e. The number of anilines is 1. The Hall–Kier alpha value is -2.18. The van der Waals surface area contributed by atoms with Gasteiger partial charge in [-0.25, -0.2) is 4.79 Å². The van der Waals surface area contributed by atoms with Gasteiger partial charge in [-0.2, -0.15) is 0 Å². The van der Waals surface area contributed by atoms with Crippen LogP contribution in [0.4, 0.5) is 5.82 Å². The van der Waals surface area contributed by atoms with Crippen LogP contribution in [-0.4, -0.2) is 46.9 Å². The molecule has 2 atom stereocenters. The molecule has 0 amide bonds. The first kappa shape index (κ1) is 14.2. The highest BCUT2D eigenvalue weighted by atomic mass is 16.5. The Morgan fingerprint density at radius 3 is 2.65 bits per heavy atom. The molecule has 2 unspecified atom stereocenters. The van der Waals surface area contributed by atoms with Crippen molar-refractivity contribution in [3.05, 3.63) is 17.8 Å². The fraction of sp³-hybridized carbons (Fsp3) is 0.538. The number of aromatic nitrogens is 2. The number of ether oxygens (including phenoxy) is 1. The minimum absolute atomic E-state index is 0.0723. The Balaban J connectivity index is 2.09. The van der Waals surface area contributed by atoms with Gasteiger partial charge in [-0.15, -0.1) is 10.2 Å². The van der Waals surface area contributed by atoms with Crippen LogP contribution in [0.5, 0.6) is 0 Å². The van der Waals surface area contributed by atoms with E-state index in [4.69, 9.17) is 5.11 Å². The standard InChI is InChI=1S/C13H17N3O4/c1-8-7-9(12(17)18)5-6-16(8)11-4-3-10(14-15-11)13(19)20-2/h3-4,8-9H,5-7H2,1-2H3,(H,17,18). The van der Waals surface area contributed by atoms with Crippen molar-refractivity contribution in [2.75, 3.05) is 18.6 Å². The summed E-state index contributed by atoms with van der Waals surface area (Å²) in [5, 5.41) is 16.9. The lowest BCUT2D eigenvalue weighted by molar-refractivity contribution is -0.142. The number of carbonyl (C=O) groups is 2. The van der Waals surface area contributed by atoms with E-state index >= 15 is 0 Å². The maximum atomic E-state index is 11.3. The van der Waals surface area contributed by atoms with E-state index in [1.165, 1.54) is 7.11 Å². The molecule has 1 N–H and O–H groups in total. The predicted octanol–water partition coefficient (Wildman–Crippen LogP) is 0.953. The Labute approximate surface area is 116 Å². The van der Waals surface area contributed by atoms with Crippen LogP contribution >= 0.6 is 0 Å². The lowest BCUT2D eigenvalue weighted by Crippen LogP contribution is -2.43. The van der Waals surface area contributed by atoms with Crippen LogP contribution in [0, 0.1) is 5.92 Å². The first-order valence-electron chi connectivity index (χ1n) is 6.44. The zero-order valence-corrected chi connectivity index (χ0v) is 11.4. The van der Waals surface area contributed by atoms with Gasteiger partial charge in [0.05, 0.1) is 13.0 Å². The third kappa shape index (κ3) is 2.87. The summed E-state index contributed by atoms with van der Waals surface area (Å²) in [4.78, 5) is 24.3. The minimum Gasteiger partial charge on any atom is -0.481 e. The van der Waals surface area contributed by atoms with Crippen molar-refractivity contribution in [3.63, 3.8) is 0 Å². The van der Waals surface area contributed by atoms with Crippen molar-refractivity contribution in [3.8, 4) is 0 Å². The molecule has 0 saturated carbocycles. The third-order valence-electron chi connectivity index (χ3n) is 3.56. The summed E-state index contributed by atoms with van der Waals surface area (Å²) in [7, 11) is 1.29. The smallest absolute Gasteiger partial charge is 0.358 e. The average Bonchev–Trinajstić information content (AvgIpc) is 2.46. The summed E-state index contributed by atoms with van der Waals surface area (Å²) < 4.78 is 4.56. The molecule has 2 rings (SSSR count). The fourth-order valence-electron chi connectivity index (χ4n) is 2.43. The van der Waals surface area contributed by atoms with Gasteiger partial charge in [-0.3, -0.25) is 4.79 Å². The Morgan fingerprint density at radius 1 is 1.40 bits per heavy atom. The van der Waals surface area contributed by atoms with E-state index in [1.807, 2.05) is 11.8 Å². The summed E-state index contributed by atoms with van der Waals surface area (Å²) in [5.74, 6) is -0.928. The van der Waals surface area contributed by atoms with Crippen LogP contribution in [0.25, 0.3) is 0 Å². The third-order valence-corrected chi connectivity index (χ3v) is 3.56. The highest BCUT2D eigenvalue weighted by Gasteiger charge is 2.30. The second-order valence-electron chi connectivity index (χ2n) is 4.87. The lowest BCUT2D eigenvalue weighted by Gasteiger charge is -2.36. The molecule has 0 aliphatic carbocycles. The second-order valence-corrected chi connectivity index (χ2v) is 4.87. The molecule has 0 spiro atoms. The molecule has 7 nitrogen and oxygen atoms in total. The topological polar surface area (TPSA) is 92.6 Å². The number of rotatable bonds is 3. The number of esters is 1. The van der Waals surface area contributed by atoms with Crippen molar-refractivity contribution >= 4 is 17.8 Å². The number of nitrogens with zero attached hydrogens (tertiary/aromatic N) is 3. The molecule has 1 saturated heterocycles. The molecule has 1 aromatic rings. The quantitative estimate of drug-likeness (QED) is 0.823. The summed E-state index contributed by atoms with van der Waals surface area (Å²) in [5.41, 5.74) is 0.157. The highest BCUT2D eigenvalue weighted by molar-refractivity contribution is 5.87. The first-order chi connectivity index (χ1) is 9.52. The van der Waals surface area contributed by atoms with Crippen LogP contribution in [0.3, 0.4) is 0 Å². The normalized spacial score (nSPS) is 22.4. The SMILES string of the molecule is COC(=O)c1ccc(N2CCC(C(=O)O)CC2C)nn1. The van der Waals surface area contributed by atoms with Gasteiger partial charge in [0.15, 0.2) is 11.5 Å². The predicted molar refractivity (Wildman–Crippen MR) is 70.5 cm³/mol. The molecular formula is C13H17N3O4. The molecule has 0 bridgehead atoms. The minimum atomic E-state index is -0.747. The van der Waals surface area contributed by atoms with Gasteiger partial charge in [0.25, 0.3) is 0 Å². The van der Waals surface area contributed by atoms with E-state index in [-0.39, 0.29) is 17.7 Å². The maximum Gasteiger partial charge on any atom is 0.358 e. The van der Waals surface area contributed by atoms with Gasteiger partial charge in [0.2, 0.25) is 0 Å². The first-order valence-corrected chi connectivity index (χ1v) is 6.44. The number of methoxy groups -OCH3 is 1. The molecule has 1 aliphatic heterocycles. The number of carboxylic acid groups (broad SMARTS) is 1. The summed E-state index contributed by atoms with van der Waals surface area (Å²) in [6.45, 7) is 2.58. The number of hydrogen-bond donors (Lipinski definition) is 1. The zero-order valence-electron chi connectivity index (χ0n) is 11.4. The average molecular weight is 279 g/mol. The molecule has 7 heteroatoms. The van der Waals surface area contributed by atoms with E-state index in [9.17, 15) is 9.59 Å². The molecule has 1 aliphatic rings. The van der Waals surface area contributed by atoms with Crippen LogP contribution < -0.4 is 4.90 Å². The molecule has 1 aromatic heterocycles. The van der Waals surface area contributed by atoms with Crippen molar-refractivity contribution in [2.24, 2.45) is 5.92 Å². The van der Waals surface area contributed by atoms with E-state index in [1.54, 1.807) is 12.1 Å². The molecule has 0 aromatic carbocycles. The summed E-state index contributed by atoms with van der Waals surface area (Å²) in [6.07, 6.45) is 1.16. The van der Waals surface area contributed by atoms with Gasteiger partial charge in [-0.05, 0) is 31.9 Å². The number of carboxylic acids is 1. The Kier molecular flexibility index (Phi) is 4.16. The number of carbonyl (C=O) groups excluding carboxylic acids is 1. The second kappa shape index (κ2) is 5.85. The Morgan fingerprint density at radius 2 is 2.15 bits per heavy atom. The number of hydrogen-bond acceptors (Lipinski definition) is 6. The molecule has 2 heterocycles. The zero-order chi connectivity index (χ0) is 14.7. The van der Waals surface area contributed by atoms with E-state index in [0.717, 1.165) is 0 Å². The lowest BCUT2D eigenvalue weighted by atomic mass is 9.92. The molecular weight excluding hydrogens is 262 g/mol. The van der Waals surface area contributed by atoms with Gasteiger partial charge in [0.1, 0.15) is 0 Å². The van der Waals surface area contributed by atoms with E-state index in [0.29, 0.717) is 25.2 Å². The van der Waals surface area contributed by atoms with Crippen molar-refractivity contribution in [1.29, 1.82) is 0 Å². The van der Waals surface area contributed by atoms with Crippen LogP contribution in [0.1, 0.15) is 30.3 Å². The summed E-state index contributed by atoms with van der Waals surface area (Å²) in [6, 6.07) is 3.34. The van der Waals surface area contributed by atoms with Crippen molar-refractivity contribution in [1.82, 2.24) is 10.2 Å². The number of piperidine rings is 1. The van der Waals surface area contributed by atoms with Crippen LogP contribution in [0.2, 0.25) is 0 Å². The fourth-order valence-corrected chi connectivity index (χ4v) is 2.43. The molecule has 108 valence electrons. The van der Waals surface area contributed by atoms with Gasteiger partial charge in [0, 0.05) is 12.6 Å². The van der Waals surface area contributed by atoms with Crippen LogP contribution in [-0.2, 0) is 9.53 Å². The van der Waals surface area contributed by atoms with Gasteiger partial charge >= 0.3 is 11.9 Å². The molecule has 20 heavy (non-hydrogen) atoms. The highest BCUT2D eigenvalue weighted by Crippen LogP contribution is 2.26.